The van der Waals surface area contributed by atoms with Gasteiger partial charge in [0.1, 0.15) is 11.4 Å². The lowest BCUT2D eigenvalue weighted by atomic mass is 9.92. The first-order chi connectivity index (χ1) is 7.96. The molecule has 0 saturated carbocycles. The molecule has 1 aromatic carbocycles. The van der Waals surface area contributed by atoms with Crippen LogP contribution in [0.3, 0.4) is 0 Å². The van der Waals surface area contributed by atoms with Crippen LogP contribution in [0.5, 0.6) is 5.75 Å². The molecule has 0 fully saturated rings. The van der Waals surface area contributed by atoms with Gasteiger partial charge < -0.3 is 14.6 Å². The Kier molecular flexibility index (Phi) is 3.02. The Morgan fingerprint density at radius 1 is 1.65 bits per heavy atom. The van der Waals surface area contributed by atoms with Gasteiger partial charge in [0, 0.05) is 10.6 Å². The van der Waals surface area contributed by atoms with Gasteiger partial charge in [0.15, 0.2) is 0 Å². The highest BCUT2D eigenvalue weighted by atomic mass is 35.5. The molecule has 0 radical (unpaired) electrons. The van der Waals surface area contributed by atoms with Crippen molar-refractivity contribution in [1.29, 1.82) is 0 Å². The number of rotatable bonds is 2. The first-order valence-electron chi connectivity index (χ1n) is 5.32. The molecule has 2 atom stereocenters. The summed E-state index contributed by atoms with van der Waals surface area (Å²) in [6.07, 6.45) is -1.05. The second-order valence-electron chi connectivity index (χ2n) is 4.04. The number of fused-ring (bicyclic) bond motifs is 1. The molecular weight excluding hydrogens is 244 g/mol. The van der Waals surface area contributed by atoms with E-state index < -0.39 is 17.7 Å². The second kappa shape index (κ2) is 4.20. The number of ether oxygens (including phenoxy) is 2. The van der Waals surface area contributed by atoms with Crippen molar-refractivity contribution in [2.24, 2.45) is 0 Å². The predicted octanol–water partition coefficient (Wildman–Crippen LogP) is 1.87. The monoisotopic (exact) mass is 256 g/mol. The molecule has 5 heteroatoms. The van der Waals surface area contributed by atoms with Crippen molar-refractivity contribution >= 4 is 17.6 Å². The highest BCUT2D eigenvalue weighted by Crippen LogP contribution is 2.42. The number of carbonyl (C=O) groups is 1. The Hall–Kier alpha value is -1.26. The molecular formula is C12H13ClO4. The minimum Gasteiger partial charge on any atom is -0.475 e. The maximum atomic E-state index is 11.7. The zero-order valence-corrected chi connectivity index (χ0v) is 10.3. The van der Waals surface area contributed by atoms with Gasteiger partial charge in [-0.1, -0.05) is 17.7 Å². The molecule has 0 aliphatic carbocycles. The number of benzene rings is 1. The molecule has 0 amide bonds. The number of carbonyl (C=O) groups excluding carboxylic acids is 1. The molecule has 0 aromatic heterocycles. The summed E-state index contributed by atoms with van der Waals surface area (Å²) in [7, 11) is 0. The Labute approximate surface area is 104 Å². The maximum absolute atomic E-state index is 11.7. The summed E-state index contributed by atoms with van der Waals surface area (Å²) in [6, 6.07) is 4.87. The highest BCUT2D eigenvalue weighted by molar-refractivity contribution is 6.30. The van der Waals surface area contributed by atoms with E-state index in [0.29, 0.717) is 16.3 Å². The molecule has 0 spiro atoms. The van der Waals surface area contributed by atoms with E-state index in [4.69, 9.17) is 21.1 Å². The van der Waals surface area contributed by atoms with E-state index in [1.807, 2.05) is 0 Å². The van der Waals surface area contributed by atoms with Gasteiger partial charge in [-0.15, -0.1) is 0 Å². The normalized spacial score (nSPS) is 26.2. The van der Waals surface area contributed by atoms with E-state index in [-0.39, 0.29) is 6.61 Å². The van der Waals surface area contributed by atoms with Gasteiger partial charge in [0.25, 0.3) is 0 Å². The van der Waals surface area contributed by atoms with Gasteiger partial charge in [0.05, 0.1) is 6.61 Å². The molecule has 2 rings (SSSR count). The van der Waals surface area contributed by atoms with Crippen LogP contribution in [0.15, 0.2) is 18.2 Å². The quantitative estimate of drug-likeness (QED) is 0.821. The summed E-state index contributed by atoms with van der Waals surface area (Å²) in [6.45, 7) is 3.46. The van der Waals surface area contributed by atoms with Crippen LogP contribution in [0.4, 0.5) is 0 Å². The lowest BCUT2D eigenvalue weighted by Crippen LogP contribution is -2.42. The van der Waals surface area contributed by atoms with Crippen LogP contribution >= 0.6 is 11.6 Å². The molecule has 1 aromatic rings. The van der Waals surface area contributed by atoms with Crippen LogP contribution in [-0.2, 0) is 15.1 Å². The topological polar surface area (TPSA) is 55.8 Å². The first-order valence-corrected chi connectivity index (χ1v) is 5.70. The standard InChI is InChI=1S/C12H13ClO4/c1-3-16-11(14)10-12(2,15)8-5-4-7(13)6-9(8)17-10/h4-6,10,15H,3H2,1-2H3/t10-,12+/m1/s1. The molecule has 4 nitrogen and oxygen atoms in total. The van der Waals surface area contributed by atoms with Gasteiger partial charge in [-0.3, -0.25) is 0 Å². The van der Waals surface area contributed by atoms with Crippen molar-refractivity contribution in [1.82, 2.24) is 0 Å². The molecule has 17 heavy (non-hydrogen) atoms. The van der Waals surface area contributed by atoms with E-state index in [1.165, 1.54) is 6.92 Å². The van der Waals surface area contributed by atoms with Crippen LogP contribution < -0.4 is 4.74 Å². The van der Waals surface area contributed by atoms with E-state index in [0.717, 1.165) is 0 Å². The highest BCUT2D eigenvalue weighted by Gasteiger charge is 2.49. The number of aliphatic hydroxyl groups is 1. The first kappa shape index (κ1) is 12.2. The van der Waals surface area contributed by atoms with Crippen molar-refractivity contribution in [3.05, 3.63) is 28.8 Å². The van der Waals surface area contributed by atoms with Crippen LogP contribution in [-0.4, -0.2) is 23.8 Å². The molecule has 0 unspecified atom stereocenters. The van der Waals surface area contributed by atoms with E-state index in [1.54, 1.807) is 25.1 Å². The van der Waals surface area contributed by atoms with E-state index in [9.17, 15) is 9.90 Å². The second-order valence-corrected chi connectivity index (χ2v) is 4.47. The SMILES string of the molecule is CCOC(=O)[C@H]1Oc2cc(Cl)ccc2[C@]1(C)O. The van der Waals surface area contributed by atoms with Gasteiger partial charge in [-0.05, 0) is 26.0 Å². The molecule has 1 aliphatic rings. The minimum atomic E-state index is -1.40. The molecule has 92 valence electrons. The molecule has 1 heterocycles. The summed E-state index contributed by atoms with van der Waals surface area (Å²) >= 11 is 5.83. The van der Waals surface area contributed by atoms with Crippen molar-refractivity contribution < 1.29 is 19.4 Å². The van der Waals surface area contributed by atoms with Gasteiger partial charge >= 0.3 is 5.97 Å². The Balaban J connectivity index is 2.35. The van der Waals surface area contributed by atoms with Crippen LogP contribution in [0.2, 0.25) is 5.02 Å². The van der Waals surface area contributed by atoms with Crippen LogP contribution in [0.1, 0.15) is 19.4 Å². The largest absolute Gasteiger partial charge is 0.475 e. The number of hydrogen-bond donors (Lipinski definition) is 1. The third-order valence-corrected chi connectivity index (χ3v) is 2.98. The maximum Gasteiger partial charge on any atom is 0.350 e. The van der Waals surface area contributed by atoms with Crippen LogP contribution in [0.25, 0.3) is 0 Å². The van der Waals surface area contributed by atoms with Gasteiger partial charge in [-0.25, -0.2) is 4.79 Å². The fourth-order valence-electron chi connectivity index (χ4n) is 1.89. The smallest absolute Gasteiger partial charge is 0.350 e. The Morgan fingerprint density at radius 2 is 2.35 bits per heavy atom. The zero-order chi connectivity index (χ0) is 12.6. The van der Waals surface area contributed by atoms with Gasteiger partial charge in [0.2, 0.25) is 6.10 Å². The average Bonchev–Trinajstić information content (AvgIpc) is 2.50. The summed E-state index contributed by atoms with van der Waals surface area (Å²) in [4.78, 5) is 11.7. The van der Waals surface area contributed by atoms with Crippen molar-refractivity contribution in [3.8, 4) is 5.75 Å². The van der Waals surface area contributed by atoms with Crippen molar-refractivity contribution in [3.63, 3.8) is 0 Å². The van der Waals surface area contributed by atoms with Crippen molar-refractivity contribution in [2.75, 3.05) is 6.61 Å². The number of hydrogen-bond acceptors (Lipinski definition) is 4. The summed E-state index contributed by atoms with van der Waals surface area (Å²) in [5, 5.41) is 10.8. The minimum absolute atomic E-state index is 0.242. The van der Waals surface area contributed by atoms with Crippen LogP contribution in [0, 0.1) is 0 Å². The average molecular weight is 257 g/mol. The summed E-state index contributed by atoms with van der Waals surface area (Å²) in [5.74, 6) is -0.162. The fourth-order valence-corrected chi connectivity index (χ4v) is 2.05. The molecule has 0 bridgehead atoms. The van der Waals surface area contributed by atoms with E-state index >= 15 is 0 Å². The van der Waals surface area contributed by atoms with Gasteiger partial charge in [-0.2, -0.15) is 0 Å². The zero-order valence-electron chi connectivity index (χ0n) is 9.57. The Bertz CT molecular complexity index is 456. The summed E-state index contributed by atoms with van der Waals surface area (Å²) in [5.41, 5.74) is -0.855. The third kappa shape index (κ3) is 1.98. The molecule has 0 saturated heterocycles. The molecule has 1 aliphatic heterocycles. The predicted molar refractivity (Wildman–Crippen MR) is 62.1 cm³/mol. The number of halogens is 1. The lowest BCUT2D eigenvalue weighted by molar-refractivity contribution is -0.161. The van der Waals surface area contributed by atoms with E-state index in [2.05, 4.69) is 0 Å². The molecule has 1 N–H and O–H groups in total. The lowest BCUT2D eigenvalue weighted by Gasteiger charge is -2.22. The van der Waals surface area contributed by atoms with Crippen molar-refractivity contribution in [2.45, 2.75) is 25.6 Å². The number of esters is 1. The third-order valence-electron chi connectivity index (χ3n) is 2.74. The summed E-state index contributed by atoms with van der Waals surface area (Å²) < 4.78 is 10.3. The Morgan fingerprint density at radius 3 is 3.00 bits per heavy atom. The fraction of sp³-hybridized carbons (Fsp3) is 0.417.